The summed E-state index contributed by atoms with van der Waals surface area (Å²) in [5, 5.41) is 0. The summed E-state index contributed by atoms with van der Waals surface area (Å²) in [6.07, 6.45) is 2.75. The van der Waals surface area contributed by atoms with Gasteiger partial charge in [0.15, 0.2) is 0 Å². The van der Waals surface area contributed by atoms with Gasteiger partial charge in [-0.05, 0) is 18.8 Å². The SMILES string of the molecule is CC.CC.CCC1CCC(F)(F)CC1. The van der Waals surface area contributed by atoms with Crippen molar-refractivity contribution in [1.29, 1.82) is 0 Å². The molecule has 0 nitrogen and oxygen atoms in total. The van der Waals surface area contributed by atoms with Crippen molar-refractivity contribution in [2.45, 2.75) is 72.6 Å². The quantitative estimate of drug-likeness (QED) is 0.550. The van der Waals surface area contributed by atoms with Crippen LogP contribution in [0, 0.1) is 5.92 Å². The van der Waals surface area contributed by atoms with Gasteiger partial charge in [-0.25, -0.2) is 8.78 Å². The van der Waals surface area contributed by atoms with Crippen LogP contribution < -0.4 is 0 Å². The molecule has 0 bridgehead atoms. The van der Waals surface area contributed by atoms with Gasteiger partial charge in [-0.2, -0.15) is 0 Å². The zero-order valence-corrected chi connectivity index (χ0v) is 10.4. The van der Waals surface area contributed by atoms with Crippen LogP contribution in [-0.4, -0.2) is 5.92 Å². The predicted octanol–water partition coefficient (Wildman–Crippen LogP) is 5.27. The summed E-state index contributed by atoms with van der Waals surface area (Å²) in [4.78, 5) is 0. The molecule has 0 unspecified atom stereocenters. The third kappa shape index (κ3) is 7.28. The number of alkyl halides is 2. The Balaban J connectivity index is 0. The van der Waals surface area contributed by atoms with Crippen LogP contribution in [0.3, 0.4) is 0 Å². The fraction of sp³-hybridized carbons (Fsp3) is 1.00. The Bertz CT molecular complexity index is 101. The molecule has 0 aromatic carbocycles. The number of rotatable bonds is 1. The molecule has 0 aromatic heterocycles. The van der Waals surface area contributed by atoms with Crippen LogP contribution in [0.2, 0.25) is 0 Å². The van der Waals surface area contributed by atoms with Gasteiger partial charge in [-0.15, -0.1) is 0 Å². The van der Waals surface area contributed by atoms with Gasteiger partial charge in [0, 0.05) is 12.8 Å². The van der Waals surface area contributed by atoms with Gasteiger partial charge in [0.2, 0.25) is 5.92 Å². The predicted molar refractivity (Wildman–Crippen MR) is 59.9 cm³/mol. The second-order valence-corrected chi connectivity index (χ2v) is 3.21. The first-order valence-electron chi connectivity index (χ1n) is 6.02. The molecular formula is C12H26F2. The van der Waals surface area contributed by atoms with Gasteiger partial charge in [0.25, 0.3) is 0 Å². The minimum absolute atomic E-state index is 0.117. The Morgan fingerprint density at radius 3 is 1.64 bits per heavy atom. The van der Waals surface area contributed by atoms with Crippen LogP contribution >= 0.6 is 0 Å². The zero-order valence-electron chi connectivity index (χ0n) is 10.4. The molecule has 0 atom stereocenters. The van der Waals surface area contributed by atoms with Crippen molar-refractivity contribution < 1.29 is 8.78 Å². The van der Waals surface area contributed by atoms with Gasteiger partial charge in [0.1, 0.15) is 0 Å². The lowest BCUT2D eigenvalue weighted by atomic mass is 9.85. The highest BCUT2D eigenvalue weighted by atomic mass is 19.3. The normalized spacial score (nSPS) is 19.9. The molecule has 14 heavy (non-hydrogen) atoms. The maximum atomic E-state index is 12.5. The van der Waals surface area contributed by atoms with Crippen LogP contribution in [0.5, 0.6) is 0 Å². The molecule has 1 aliphatic rings. The molecule has 1 saturated carbocycles. The van der Waals surface area contributed by atoms with E-state index in [2.05, 4.69) is 6.92 Å². The largest absolute Gasteiger partial charge is 0.248 e. The monoisotopic (exact) mass is 208 g/mol. The van der Waals surface area contributed by atoms with E-state index in [1.165, 1.54) is 0 Å². The molecule has 0 saturated heterocycles. The van der Waals surface area contributed by atoms with Crippen molar-refractivity contribution >= 4 is 0 Å². The average Bonchev–Trinajstić information content (AvgIpc) is 2.24. The van der Waals surface area contributed by atoms with Crippen LogP contribution in [0.25, 0.3) is 0 Å². The Morgan fingerprint density at radius 2 is 1.36 bits per heavy atom. The van der Waals surface area contributed by atoms with Crippen molar-refractivity contribution in [3.05, 3.63) is 0 Å². The summed E-state index contributed by atoms with van der Waals surface area (Å²) >= 11 is 0. The molecule has 0 aromatic rings. The minimum Gasteiger partial charge on any atom is -0.207 e. The van der Waals surface area contributed by atoms with E-state index in [1.54, 1.807) is 0 Å². The molecule has 0 N–H and O–H groups in total. The van der Waals surface area contributed by atoms with Gasteiger partial charge in [-0.3, -0.25) is 0 Å². The van der Waals surface area contributed by atoms with E-state index in [9.17, 15) is 8.78 Å². The topological polar surface area (TPSA) is 0 Å². The molecule has 0 heterocycles. The molecule has 0 radical (unpaired) electrons. The molecule has 88 valence electrons. The van der Waals surface area contributed by atoms with E-state index in [4.69, 9.17) is 0 Å². The fourth-order valence-electron chi connectivity index (χ4n) is 1.51. The van der Waals surface area contributed by atoms with E-state index in [-0.39, 0.29) is 12.8 Å². The summed E-state index contributed by atoms with van der Waals surface area (Å²) < 4.78 is 25.0. The molecule has 0 amide bonds. The van der Waals surface area contributed by atoms with Gasteiger partial charge in [0.05, 0.1) is 0 Å². The molecule has 1 aliphatic carbocycles. The van der Waals surface area contributed by atoms with Crippen LogP contribution in [0.15, 0.2) is 0 Å². The first-order chi connectivity index (χ1) is 6.64. The smallest absolute Gasteiger partial charge is 0.207 e. The maximum absolute atomic E-state index is 12.5. The molecular weight excluding hydrogens is 182 g/mol. The first-order valence-corrected chi connectivity index (χ1v) is 6.02. The zero-order chi connectivity index (χ0) is 11.6. The van der Waals surface area contributed by atoms with Crippen molar-refractivity contribution in [2.75, 3.05) is 0 Å². The van der Waals surface area contributed by atoms with Crippen LogP contribution in [0.4, 0.5) is 8.78 Å². The van der Waals surface area contributed by atoms with E-state index in [1.807, 2.05) is 27.7 Å². The van der Waals surface area contributed by atoms with Crippen molar-refractivity contribution in [3.8, 4) is 0 Å². The molecule has 1 fully saturated rings. The van der Waals surface area contributed by atoms with E-state index < -0.39 is 5.92 Å². The lowest BCUT2D eigenvalue weighted by molar-refractivity contribution is -0.0460. The standard InChI is InChI=1S/C8H14F2.2C2H6/c1-2-7-3-5-8(9,10)6-4-7;2*1-2/h7H,2-6H2,1H3;2*1-2H3. The average molecular weight is 208 g/mol. The number of hydrogen-bond donors (Lipinski definition) is 0. The molecule has 1 rings (SSSR count). The van der Waals surface area contributed by atoms with E-state index >= 15 is 0 Å². The Labute approximate surface area is 88.1 Å². The van der Waals surface area contributed by atoms with E-state index in [0.29, 0.717) is 5.92 Å². The van der Waals surface area contributed by atoms with Crippen molar-refractivity contribution in [1.82, 2.24) is 0 Å². The molecule has 2 heteroatoms. The molecule has 0 aliphatic heterocycles. The second kappa shape index (κ2) is 9.42. The summed E-state index contributed by atoms with van der Waals surface area (Å²) in [5.41, 5.74) is 0. The minimum atomic E-state index is -2.34. The van der Waals surface area contributed by atoms with Gasteiger partial charge >= 0.3 is 0 Å². The van der Waals surface area contributed by atoms with Gasteiger partial charge < -0.3 is 0 Å². The second-order valence-electron chi connectivity index (χ2n) is 3.21. The van der Waals surface area contributed by atoms with E-state index in [0.717, 1.165) is 19.3 Å². The highest BCUT2D eigenvalue weighted by molar-refractivity contribution is 4.76. The van der Waals surface area contributed by atoms with Crippen molar-refractivity contribution in [2.24, 2.45) is 5.92 Å². The fourth-order valence-corrected chi connectivity index (χ4v) is 1.51. The first kappa shape index (κ1) is 16.3. The van der Waals surface area contributed by atoms with Gasteiger partial charge in [-0.1, -0.05) is 41.0 Å². The lowest BCUT2D eigenvalue weighted by Gasteiger charge is -2.27. The highest BCUT2D eigenvalue weighted by Gasteiger charge is 2.33. The summed E-state index contributed by atoms with van der Waals surface area (Å²) in [6.45, 7) is 10.1. The number of halogens is 2. The Morgan fingerprint density at radius 1 is 1.00 bits per heavy atom. The lowest BCUT2D eigenvalue weighted by Crippen LogP contribution is -2.24. The van der Waals surface area contributed by atoms with Crippen LogP contribution in [-0.2, 0) is 0 Å². The third-order valence-corrected chi connectivity index (χ3v) is 2.41. The van der Waals surface area contributed by atoms with Crippen LogP contribution in [0.1, 0.15) is 66.7 Å². The summed E-state index contributed by atoms with van der Waals surface area (Å²) in [7, 11) is 0. The van der Waals surface area contributed by atoms with Crippen molar-refractivity contribution in [3.63, 3.8) is 0 Å². The maximum Gasteiger partial charge on any atom is 0.248 e. The Kier molecular flexibility index (Phi) is 11.0. The summed E-state index contributed by atoms with van der Waals surface area (Å²) in [6, 6.07) is 0. The summed E-state index contributed by atoms with van der Waals surface area (Å²) in [5.74, 6) is -1.77. The Hall–Kier alpha value is -0.140. The molecule has 0 spiro atoms. The number of hydrogen-bond acceptors (Lipinski definition) is 0. The third-order valence-electron chi connectivity index (χ3n) is 2.41. The highest BCUT2D eigenvalue weighted by Crippen LogP contribution is 2.36.